The molecular formula is C16H20N4O2S2. The van der Waals surface area contributed by atoms with Crippen molar-refractivity contribution >= 4 is 45.7 Å². The van der Waals surface area contributed by atoms with Crippen LogP contribution < -0.4 is 10.6 Å². The molecule has 1 heterocycles. The largest absolute Gasteiger partial charge is 0.325 e. The molecule has 0 aliphatic carbocycles. The molecule has 0 saturated carbocycles. The molecule has 0 atom stereocenters. The highest BCUT2D eigenvalue weighted by Gasteiger charge is 2.12. The van der Waals surface area contributed by atoms with E-state index in [9.17, 15) is 9.59 Å². The van der Waals surface area contributed by atoms with E-state index in [1.165, 1.54) is 23.1 Å². The van der Waals surface area contributed by atoms with Gasteiger partial charge in [-0.25, -0.2) is 0 Å². The Bertz CT molecular complexity index is 716. The van der Waals surface area contributed by atoms with Crippen LogP contribution in [0.3, 0.4) is 0 Å². The van der Waals surface area contributed by atoms with Gasteiger partial charge in [-0.3, -0.25) is 9.59 Å². The van der Waals surface area contributed by atoms with Gasteiger partial charge in [0.15, 0.2) is 4.34 Å². The number of carbonyl (C=O) groups is 2. The van der Waals surface area contributed by atoms with E-state index in [1.54, 1.807) is 0 Å². The molecule has 0 aliphatic rings. The van der Waals surface area contributed by atoms with Gasteiger partial charge in [-0.2, -0.15) is 0 Å². The molecule has 0 bridgehead atoms. The maximum atomic E-state index is 12.0. The van der Waals surface area contributed by atoms with Gasteiger partial charge >= 0.3 is 0 Å². The van der Waals surface area contributed by atoms with Gasteiger partial charge in [-0.1, -0.05) is 55.1 Å². The number of carbonyl (C=O) groups excluding carboxylic acids is 2. The number of benzene rings is 1. The van der Waals surface area contributed by atoms with E-state index >= 15 is 0 Å². The lowest BCUT2D eigenvalue weighted by Crippen LogP contribution is -2.14. The zero-order valence-corrected chi connectivity index (χ0v) is 15.5. The SMILES string of the molecule is Cc1ccccc1NC(=O)CSc1nnc(NC(=O)CC(C)C)s1. The van der Waals surface area contributed by atoms with Crippen molar-refractivity contribution in [3.63, 3.8) is 0 Å². The van der Waals surface area contributed by atoms with Crippen molar-refractivity contribution in [3.05, 3.63) is 29.8 Å². The highest BCUT2D eigenvalue weighted by atomic mass is 32.2. The molecule has 128 valence electrons. The number of anilines is 2. The molecule has 24 heavy (non-hydrogen) atoms. The summed E-state index contributed by atoms with van der Waals surface area (Å²) in [7, 11) is 0. The number of hydrogen-bond donors (Lipinski definition) is 2. The summed E-state index contributed by atoms with van der Waals surface area (Å²) in [6, 6.07) is 7.62. The standard InChI is InChI=1S/C16H20N4O2S2/c1-10(2)8-13(21)18-15-19-20-16(24-15)23-9-14(22)17-12-7-5-4-6-11(12)3/h4-7,10H,8-9H2,1-3H3,(H,17,22)(H,18,19,21). The van der Waals surface area contributed by atoms with Crippen molar-refractivity contribution in [2.24, 2.45) is 5.92 Å². The second-order valence-electron chi connectivity index (χ2n) is 5.67. The normalized spacial score (nSPS) is 10.7. The monoisotopic (exact) mass is 364 g/mol. The number of rotatable bonds is 7. The number of hydrogen-bond acceptors (Lipinski definition) is 6. The first kappa shape index (κ1) is 18.4. The number of aromatic nitrogens is 2. The summed E-state index contributed by atoms with van der Waals surface area (Å²) in [6.45, 7) is 5.90. The summed E-state index contributed by atoms with van der Waals surface area (Å²) in [4.78, 5) is 23.7. The Morgan fingerprint density at radius 1 is 1.17 bits per heavy atom. The van der Waals surface area contributed by atoms with E-state index < -0.39 is 0 Å². The summed E-state index contributed by atoms with van der Waals surface area (Å²) in [5.41, 5.74) is 1.82. The second-order valence-corrected chi connectivity index (χ2v) is 7.87. The lowest BCUT2D eigenvalue weighted by molar-refractivity contribution is -0.117. The summed E-state index contributed by atoms with van der Waals surface area (Å²) in [5.74, 6) is 0.352. The zero-order valence-electron chi connectivity index (χ0n) is 13.8. The Morgan fingerprint density at radius 3 is 2.62 bits per heavy atom. The molecule has 2 rings (SSSR count). The van der Waals surface area contributed by atoms with E-state index in [1.807, 2.05) is 45.0 Å². The van der Waals surface area contributed by atoms with E-state index in [0.29, 0.717) is 15.9 Å². The molecule has 0 spiro atoms. The summed E-state index contributed by atoms with van der Waals surface area (Å²) >= 11 is 2.57. The van der Waals surface area contributed by atoms with Gasteiger partial charge in [-0.05, 0) is 24.5 Å². The minimum Gasteiger partial charge on any atom is -0.325 e. The fourth-order valence-corrected chi connectivity index (χ4v) is 3.45. The molecular weight excluding hydrogens is 344 g/mol. The molecule has 0 fully saturated rings. The number of para-hydroxylation sites is 1. The second kappa shape index (κ2) is 8.79. The van der Waals surface area contributed by atoms with E-state index in [-0.39, 0.29) is 23.5 Å². The quantitative estimate of drug-likeness (QED) is 0.580. The average molecular weight is 364 g/mol. The summed E-state index contributed by atoms with van der Waals surface area (Å²) in [6.07, 6.45) is 0.445. The van der Waals surface area contributed by atoms with Crippen LogP contribution in [0, 0.1) is 12.8 Å². The molecule has 0 radical (unpaired) electrons. The predicted molar refractivity (Wildman–Crippen MR) is 98.5 cm³/mol. The molecule has 0 unspecified atom stereocenters. The highest BCUT2D eigenvalue weighted by molar-refractivity contribution is 8.01. The van der Waals surface area contributed by atoms with Crippen molar-refractivity contribution < 1.29 is 9.59 Å². The first-order valence-corrected chi connectivity index (χ1v) is 9.36. The third kappa shape index (κ3) is 5.93. The minimum atomic E-state index is -0.102. The highest BCUT2D eigenvalue weighted by Crippen LogP contribution is 2.26. The fourth-order valence-electron chi connectivity index (χ4n) is 1.89. The van der Waals surface area contributed by atoms with Gasteiger partial charge in [0.25, 0.3) is 0 Å². The Kier molecular flexibility index (Phi) is 6.74. The van der Waals surface area contributed by atoms with Gasteiger partial charge in [0, 0.05) is 12.1 Å². The van der Waals surface area contributed by atoms with Crippen LogP contribution in [-0.4, -0.2) is 27.8 Å². The number of nitrogens with one attached hydrogen (secondary N) is 2. The van der Waals surface area contributed by atoms with Gasteiger partial charge in [0.1, 0.15) is 0 Å². The van der Waals surface area contributed by atoms with E-state index in [0.717, 1.165) is 11.3 Å². The Morgan fingerprint density at radius 2 is 1.92 bits per heavy atom. The first-order chi connectivity index (χ1) is 11.4. The molecule has 2 amide bonds. The van der Waals surface area contributed by atoms with Crippen molar-refractivity contribution in [1.29, 1.82) is 0 Å². The van der Waals surface area contributed by atoms with Crippen LogP contribution >= 0.6 is 23.1 Å². The van der Waals surface area contributed by atoms with Crippen LogP contribution in [0.4, 0.5) is 10.8 Å². The van der Waals surface area contributed by atoms with Gasteiger partial charge < -0.3 is 10.6 Å². The maximum absolute atomic E-state index is 12.0. The van der Waals surface area contributed by atoms with Crippen LogP contribution in [0.25, 0.3) is 0 Å². The molecule has 2 N–H and O–H groups in total. The smallest absolute Gasteiger partial charge is 0.234 e. The van der Waals surface area contributed by atoms with Gasteiger partial charge in [-0.15, -0.1) is 10.2 Å². The Hall–Kier alpha value is -1.93. The molecule has 1 aromatic carbocycles. The van der Waals surface area contributed by atoms with Crippen LogP contribution in [-0.2, 0) is 9.59 Å². The van der Waals surface area contributed by atoms with Crippen LogP contribution in [0.1, 0.15) is 25.8 Å². The third-order valence-electron chi connectivity index (χ3n) is 2.99. The third-order valence-corrected chi connectivity index (χ3v) is 4.96. The molecule has 0 aliphatic heterocycles. The Labute approximate surface area is 149 Å². The zero-order chi connectivity index (χ0) is 17.5. The van der Waals surface area contributed by atoms with Crippen molar-refractivity contribution in [1.82, 2.24) is 10.2 Å². The van der Waals surface area contributed by atoms with Crippen LogP contribution in [0.5, 0.6) is 0 Å². The molecule has 1 aromatic heterocycles. The first-order valence-electron chi connectivity index (χ1n) is 7.55. The van der Waals surface area contributed by atoms with Crippen LogP contribution in [0.2, 0.25) is 0 Å². The van der Waals surface area contributed by atoms with Crippen molar-refractivity contribution in [3.8, 4) is 0 Å². The lowest BCUT2D eigenvalue weighted by atomic mass is 10.1. The lowest BCUT2D eigenvalue weighted by Gasteiger charge is -2.06. The number of nitrogens with zero attached hydrogens (tertiary/aromatic N) is 2. The summed E-state index contributed by atoms with van der Waals surface area (Å²) in [5, 5.41) is 14.0. The van der Waals surface area contributed by atoms with Crippen molar-refractivity contribution in [2.75, 3.05) is 16.4 Å². The van der Waals surface area contributed by atoms with E-state index in [4.69, 9.17) is 0 Å². The van der Waals surface area contributed by atoms with Gasteiger partial charge in [0.05, 0.1) is 5.75 Å². The number of thioether (sulfide) groups is 1. The molecule has 2 aromatic rings. The number of aryl methyl sites for hydroxylation is 1. The maximum Gasteiger partial charge on any atom is 0.234 e. The number of amides is 2. The summed E-state index contributed by atoms with van der Waals surface area (Å²) < 4.78 is 0.648. The minimum absolute atomic E-state index is 0.0741. The fraction of sp³-hybridized carbons (Fsp3) is 0.375. The van der Waals surface area contributed by atoms with Gasteiger partial charge in [0.2, 0.25) is 16.9 Å². The Balaban J connectivity index is 1.81. The molecule has 6 nitrogen and oxygen atoms in total. The van der Waals surface area contributed by atoms with Crippen molar-refractivity contribution in [2.45, 2.75) is 31.5 Å². The average Bonchev–Trinajstić information content (AvgIpc) is 2.94. The van der Waals surface area contributed by atoms with E-state index in [2.05, 4.69) is 20.8 Å². The van der Waals surface area contributed by atoms with Crippen LogP contribution in [0.15, 0.2) is 28.6 Å². The topological polar surface area (TPSA) is 84.0 Å². The molecule has 8 heteroatoms. The molecule has 0 saturated heterocycles. The predicted octanol–water partition coefficient (Wildman–Crippen LogP) is 3.56.